The molecule has 146 valence electrons. The van der Waals surface area contributed by atoms with Crippen molar-refractivity contribution >= 4 is 39.9 Å². The lowest BCUT2D eigenvalue weighted by Crippen LogP contribution is -2.26. The molecule has 0 aliphatic carbocycles. The summed E-state index contributed by atoms with van der Waals surface area (Å²) in [6.07, 6.45) is 0.815. The normalized spacial score (nSPS) is 10.4. The van der Waals surface area contributed by atoms with Gasteiger partial charge in [0, 0.05) is 18.0 Å². The fraction of sp³-hybridized carbons (Fsp3) is 0.389. The van der Waals surface area contributed by atoms with Crippen LogP contribution in [0.25, 0.3) is 0 Å². The van der Waals surface area contributed by atoms with Crippen LogP contribution in [-0.2, 0) is 4.74 Å². The zero-order valence-corrected chi connectivity index (χ0v) is 17.1. The number of methoxy groups -OCH3 is 1. The van der Waals surface area contributed by atoms with E-state index in [4.69, 9.17) is 25.8 Å². The second-order valence-electron chi connectivity index (χ2n) is 5.44. The van der Waals surface area contributed by atoms with Gasteiger partial charge in [-0.25, -0.2) is 9.78 Å². The third-order valence-electron chi connectivity index (χ3n) is 3.50. The molecule has 0 saturated heterocycles. The molecule has 0 N–H and O–H groups in total. The second kappa shape index (κ2) is 9.57. The largest absolute Gasteiger partial charge is 0.493 e. The number of halogens is 1. The minimum Gasteiger partial charge on any atom is -0.493 e. The summed E-state index contributed by atoms with van der Waals surface area (Å²) >= 11 is 7.44. The average molecular weight is 413 g/mol. The molecule has 1 heterocycles. The van der Waals surface area contributed by atoms with Crippen LogP contribution in [0.5, 0.6) is 11.5 Å². The number of carbonyl (C=O) groups is 2. The highest BCUT2D eigenvalue weighted by Crippen LogP contribution is 2.37. The van der Waals surface area contributed by atoms with Gasteiger partial charge in [0.15, 0.2) is 22.3 Å². The van der Waals surface area contributed by atoms with E-state index >= 15 is 0 Å². The lowest BCUT2D eigenvalue weighted by Gasteiger charge is -2.17. The van der Waals surface area contributed by atoms with Gasteiger partial charge in [0.1, 0.15) is 0 Å². The number of benzene rings is 1. The summed E-state index contributed by atoms with van der Waals surface area (Å²) in [6, 6.07) is 3.09. The first-order valence-corrected chi connectivity index (χ1v) is 9.59. The number of thiazole rings is 1. The van der Waals surface area contributed by atoms with Crippen LogP contribution in [0.1, 0.15) is 41.1 Å². The van der Waals surface area contributed by atoms with Gasteiger partial charge in [0.25, 0.3) is 5.91 Å². The minimum atomic E-state index is -0.525. The summed E-state index contributed by atoms with van der Waals surface area (Å²) in [5.41, 5.74) is 0.478. The van der Waals surface area contributed by atoms with Gasteiger partial charge in [-0.2, -0.15) is 0 Å². The molecule has 0 aliphatic rings. The number of anilines is 1. The quantitative estimate of drug-likeness (QED) is 0.609. The van der Waals surface area contributed by atoms with Crippen LogP contribution in [-0.4, -0.2) is 44.2 Å². The van der Waals surface area contributed by atoms with Crippen molar-refractivity contribution in [3.63, 3.8) is 0 Å². The van der Waals surface area contributed by atoms with Crippen molar-refractivity contribution in [2.24, 2.45) is 0 Å². The lowest BCUT2D eigenvalue weighted by atomic mass is 10.1. The molecule has 0 unspecified atom stereocenters. The Morgan fingerprint density at radius 3 is 2.67 bits per heavy atom. The van der Waals surface area contributed by atoms with Gasteiger partial charge >= 0.3 is 5.97 Å². The Hall–Kier alpha value is -2.32. The van der Waals surface area contributed by atoms with E-state index in [0.29, 0.717) is 28.8 Å². The number of rotatable bonds is 8. The number of aromatic nitrogens is 1. The third-order valence-corrected chi connectivity index (χ3v) is 4.69. The van der Waals surface area contributed by atoms with Crippen LogP contribution >= 0.6 is 22.9 Å². The van der Waals surface area contributed by atoms with E-state index in [1.54, 1.807) is 25.4 Å². The number of esters is 1. The average Bonchev–Trinajstić information content (AvgIpc) is 3.15. The fourth-order valence-electron chi connectivity index (χ4n) is 2.19. The Morgan fingerprint density at radius 1 is 1.30 bits per heavy atom. The van der Waals surface area contributed by atoms with Crippen LogP contribution < -0.4 is 14.4 Å². The Bertz CT molecular complexity index is 824. The fourth-order valence-corrected chi connectivity index (χ4v) is 3.21. The van der Waals surface area contributed by atoms with Gasteiger partial charge in [-0.3, -0.25) is 9.69 Å². The van der Waals surface area contributed by atoms with Crippen molar-refractivity contribution < 1.29 is 23.8 Å². The highest BCUT2D eigenvalue weighted by atomic mass is 35.5. The molecule has 0 saturated carbocycles. The van der Waals surface area contributed by atoms with Crippen molar-refractivity contribution in [3.05, 3.63) is 33.8 Å². The maximum Gasteiger partial charge on any atom is 0.357 e. The van der Waals surface area contributed by atoms with E-state index in [0.717, 1.165) is 6.42 Å². The molecule has 1 aromatic carbocycles. The summed E-state index contributed by atoms with van der Waals surface area (Å²) < 4.78 is 15.8. The van der Waals surface area contributed by atoms with Gasteiger partial charge in [-0.1, -0.05) is 18.5 Å². The van der Waals surface area contributed by atoms with Crippen LogP contribution in [0.15, 0.2) is 17.5 Å². The minimum absolute atomic E-state index is 0.162. The summed E-state index contributed by atoms with van der Waals surface area (Å²) in [5.74, 6) is -0.0943. The Morgan fingerprint density at radius 2 is 2.04 bits per heavy atom. The molecule has 7 nitrogen and oxygen atoms in total. The van der Waals surface area contributed by atoms with E-state index in [1.165, 1.54) is 29.4 Å². The van der Waals surface area contributed by atoms with Crippen molar-refractivity contribution in [1.82, 2.24) is 4.98 Å². The second-order valence-corrected chi connectivity index (χ2v) is 6.68. The number of carbonyl (C=O) groups excluding carboxylic acids is 2. The monoisotopic (exact) mass is 412 g/mol. The Kier molecular flexibility index (Phi) is 7.44. The molecule has 0 atom stereocenters. The van der Waals surface area contributed by atoms with Crippen molar-refractivity contribution in [2.75, 3.05) is 32.3 Å². The number of ether oxygens (including phenoxy) is 3. The first-order valence-electron chi connectivity index (χ1n) is 8.33. The number of hydrogen-bond acceptors (Lipinski definition) is 7. The van der Waals surface area contributed by atoms with Gasteiger partial charge in [0.05, 0.1) is 25.3 Å². The number of amides is 1. The first kappa shape index (κ1) is 21.0. The molecule has 27 heavy (non-hydrogen) atoms. The molecule has 0 spiro atoms. The maximum absolute atomic E-state index is 12.8. The third kappa shape index (κ3) is 4.90. The summed E-state index contributed by atoms with van der Waals surface area (Å²) in [4.78, 5) is 30.1. The molecule has 1 aromatic heterocycles. The van der Waals surface area contributed by atoms with Crippen LogP contribution in [0.4, 0.5) is 5.13 Å². The van der Waals surface area contributed by atoms with E-state index in [2.05, 4.69) is 4.98 Å². The number of hydrogen-bond donors (Lipinski definition) is 0. The molecule has 0 bridgehead atoms. The summed E-state index contributed by atoms with van der Waals surface area (Å²) in [6.45, 7) is 4.43. The zero-order valence-electron chi connectivity index (χ0n) is 15.6. The molecule has 9 heteroatoms. The van der Waals surface area contributed by atoms with Gasteiger partial charge < -0.3 is 14.2 Å². The van der Waals surface area contributed by atoms with Crippen molar-refractivity contribution in [1.29, 1.82) is 0 Å². The van der Waals surface area contributed by atoms with Crippen molar-refractivity contribution in [3.8, 4) is 11.5 Å². The highest BCUT2D eigenvalue weighted by molar-refractivity contribution is 7.14. The van der Waals surface area contributed by atoms with Crippen LogP contribution in [0.2, 0.25) is 5.02 Å². The molecule has 2 aromatic rings. The highest BCUT2D eigenvalue weighted by Gasteiger charge is 2.22. The topological polar surface area (TPSA) is 78.0 Å². The van der Waals surface area contributed by atoms with Gasteiger partial charge in [-0.05, 0) is 25.5 Å². The molecular formula is C18H21ClN2O5S. The molecule has 0 aliphatic heterocycles. The van der Waals surface area contributed by atoms with Crippen LogP contribution in [0.3, 0.4) is 0 Å². The zero-order chi connectivity index (χ0) is 20.0. The molecule has 0 fully saturated rings. The molecular weight excluding hydrogens is 392 g/mol. The van der Waals surface area contributed by atoms with E-state index in [-0.39, 0.29) is 23.2 Å². The van der Waals surface area contributed by atoms with E-state index < -0.39 is 5.97 Å². The molecule has 2 rings (SSSR count). The predicted molar refractivity (Wildman–Crippen MR) is 105 cm³/mol. The molecule has 0 radical (unpaired) electrons. The summed E-state index contributed by atoms with van der Waals surface area (Å²) in [5, 5.41) is 2.20. The Balaban J connectivity index is 2.26. The first-order chi connectivity index (χ1) is 12.9. The SMILES string of the molecule is CCCOc1c(Cl)cc(C(=O)N(C)c2nc(C(=O)OCC)cs2)cc1OC. The van der Waals surface area contributed by atoms with Gasteiger partial charge in [0.2, 0.25) is 0 Å². The standard InChI is InChI=1S/C18H21ClN2O5S/c1-5-7-26-15-12(19)8-11(9-14(15)24-4)16(22)21(3)18-20-13(10-27-18)17(23)25-6-2/h8-10H,5-7H2,1-4H3. The maximum atomic E-state index is 12.8. The van der Waals surface area contributed by atoms with Crippen LogP contribution in [0, 0.1) is 0 Å². The van der Waals surface area contributed by atoms with E-state index in [9.17, 15) is 9.59 Å². The van der Waals surface area contributed by atoms with Crippen molar-refractivity contribution in [2.45, 2.75) is 20.3 Å². The van der Waals surface area contributed by atoms with Gasteiger partial charge in [-0.15, -0.1) is 11.3 Å². The smallest absolute Gasteiger partial charge is 0.357 e. The predicted octanol–water partition coefficient (Wildman–Crippen LogP) is 4.05. The lowest BCUT2D eigenvalue weighted by molar-refractivity contribution is 0.0520. The summed E-state index contributed by atoms with van der Waals surface area (Å²) in [7, 11) is 3.05. The number of nitrogens with zero attached hydrogens (tertiary/aromatic N) is 2. The molecule has 1 amide bonds. The Labute approximate surface area is 166 Å². The van der Waals surface area contributed by atoms with E-state index in [1.807, 2.05) is 6.92 Å².